The molecule has 0 aromatic heterocycles. The van der Waals surface area contributed by atoms with Gasteiger partial charge in [0.25, 0.3) is 0 Å². The molecule has 0 aliphatic rings. The minimum Gasteiger partial charge on any atom is -0.389 e. The molecule has 0 bridgehead atoms. The van der Waals surface area contributed by atoms with Crippen molar-refractivity contribution in [2.45, 2.75) is 32.8 Å². The number of hydrogen-bond acceptors (Lipinski definition) is 3. The number of aliphatic hydroxyl groups is 1. The second-order valence-corrected chi connectivity index (χ2v) is 5.68. The Morgan fingerprint density at radius 1 is 1.40 bits per heavy atom. The summed E-state index contributed by atoms with van der Waals surface area (Å²) < 4.78 is 18.6. The van der Waals surface area contributed by atoms with Crippen LogP contribution in [0.1, 0.15) is 26.7 Å². The highest BCUT2D eigenvalue weighted by molar-refractivity contribution is 6.30. The molecule has 1 atom stereocenters. The maximum absolute atomic E-state index is 13.2. The molecular formula is C15H23ClFNO2. The van der Waals surface area contributed by atoms with E-state index in [0.717, 1.165) is 12.8 Å². The number of halogens is 2. The Kier molecular flexibility index (Phi) is 7.88. The van der Waals surface area contributed by atoms with Gasteiger partial charge in [0.15, 0.2) is 0 Å². The molecule has 2 N–H and O–H groups in total. The highest BCUT2D eigenvalue weighted by Crippen LogP contribution is 2.18. The fourth-order valence-corrected chi connectivity index (χ4v) is 1.83. The topological polar surface area (TPSA) is 41.5 Å². The SMILES string of the molecule is CC(C)CCCOCC(O)CNc1ccc(Cl)c(F)c1. The summed E-state index contributed by atoms with van der Waals surface area (Å²) in [6.45, 7) is 5.59. The van der Waals surface area contributed by atoms with Gasteiger partial charge >= 0.3 is 0 Å². The number of benzene rings is 1. The molecule has 0 saturated carbocycles. The van der Waals surface area contributed by atoms with Gasteiger partial charge in [0.1, 0.15) is 5.82 Å². The maximum atomic E-state index is 13.2. The van der Waals surface area contributed by atoms with Gasteiger partial charge in [-0.1, -0.05) is 25.4 Å². The van der Waals surface area contributed by atoms with E-state index in [0.29, 0.717) is 24.8 Å². The Morgan fingerprint density at radius 2 is 2.15 bits per heavy atom. The van der Waals surface area contributed by atoms with Gasteiger partial charge in [-0.15, -0.1) is 0 Å². The molecular weight excluding hydrogens is 281 g/mol. The van der Waals surface area contributed by atoms with Crippen molar-refractivity contribution in [3.8, 4) is 0 Å². The molecule has 5 heteroatoms. The van der Waals surface area contributed by atoms with Gasteiger partial charge in [0, 0.05) is 18.8 Å². The highest BCUT2D eigenvalue weighted by Gasteiger charge is 2.06. The van der Waals surface area contributed by atoms with Crippen LogP contribution in [-0.2, 0) is 4.74 Å². The van der Waals surface area contributed by atoms with Crippen LogP contribution in [0.25, 0.3) is 0 Å². The second kappa shape index (κ2) is 9.16. The third-order valence-corrected chi connectivity index (χ3v) is 3.15. The van der Waals surface area contributed by atoms with Gasteiger partial charge in [-0.2, -0.15) is 0 Å². The van der Waals surface area contributed by atoms with Crippen molar-refractivity contribution >= 4 is 17.3 Å². The molecule has 0 fully saturated rings. The molecule has 0 aliphatic heterocycles. The molecule has 0 amide bonds. The van der Waals surface area contributed by atoms with Crippen molar-refractivity contribution in [2.75, 3.05) is 25.1 Å². The molecule has 1 aromatic rings. The van der Waals surface area contributed by atoms with Gasteiger partial charge in [-0.05, 0) is 37.0 Å². The zero-order valence-corrected chi connectivity index (χ0v) is 12.8. The average Bonchev–Trinajstić information content (AvgIpc) is 2.39. The molecule has 0 saturated heterocycles. The zero-order chi connectivity index (χ0) is 15.0. The summed E-state index contributed by atoms with van der Waals surface area (Å²) in [5.74, 6) is 0.195. The summed E-state index contributed by atoms with van der Waals surface area (Å²) in [5.41, 5.74) is 0.589. The van der Waals surface area contributed by atoms with E-state index in [4.69, 9.17) is 16.3 Å². The van der Waals surface area contributed by atoms with Crippen LogP contribution in [0.3, 0.4) is 0 Å². The third-order valence-electron chi connectivity index (χ3n) is 2.84. The molecule has 20 heavy (non-hydrogen) atoms. The normalized spacial score (nSPS) is 12.7. The van der Waals surface area contributed by atoms with Crippen LogP contribution in [0.4, 0.5) is 10.1 Å². The fourth-order valence-electron chi connectivity index (χ4n) is 1.71. The van der Waals surface area contributed by atoms with Crippen molar-refractivity contribution < 1.29 is 14.2 Å². The molecule has 0 radical (unpaired) electrons. The number of rotatable bonds is 9. The smallest absolute Gasteiger partial charge is 0.143 e. The van der Waals surface area contributed by atoms with Crippen molar-refractivity contribution in [2.24, 2.45) is 5.92 Å². The maximum Gasteiger partial charge on any atom is 0.143 e. The lowest BCUT2D eigenvalue weighted by molar-refractivity contribution is 0.0409. The Bertz CT molecular complexity index is 401. The van der Waals surface area contributed by atoms with Crippen LogP contribution in [0, 0.1) is 11.7 Å². The van der Waals surface area contributed by atoms with Gasteiger partial charge in [-0.25, -0.2) is 4.39 Å². The first-order valence-electron chi connectivity index (χ1n) is 6.93. The summed E-state index contributed by atoms with van der Waals surface area (Å²) in [6.07, 6.45) is 1.51. The van der Waals surface area contributed by atoms with Crippen molar-refractivity contribution in [3.63, 3.8) is 0 Å². The lowest BCUT2D eigenvalue weighted by Gasteiger charge is -2.13. The van der Waals surface area contributed by atoms with Crippen molar-refractivity contribution in [1.82, 2.24) is 0 Å². The molecule has 1 unspecified atom stereocenters. The minimum atomic E-state index is -0.618. The van der Waals surface area contributed by atoms with Crippen molar-refractivity contribution in [3.05, 3.63) is 29.0 Å². The van der Waals surface area contributed by atoms with E-state index >= 15 is 0 Å². The molecule has 0 spiro atoms. The predicted octanol–water partition coefficient (Wildman–Crippen LogP) is 3.70. The molecule has 1 rings (SSSR count). The Morgan fingerprint density at radius 3 is 2.80 bits per heavy atom. The first-order chi connectivity index (χ1) is 9.49. The van der Waals surface area contributed by atoms with Gasteiger partial charge in [0.2, 0.25) is 0 Å². The third kappa shape index (κ3) is 7.08. The number of ether oxygens (including phenoxy) is 1. The number of hydrogen-bond donors (Lipinski definition) is 2. The first-order valence-corrected chi connectivity index (χ1v) is 7.31. The zero-order valence-electron chi connectivity index (χ0n) is 12.0. The van der Waals surface area contributed by atoms with Crippen LogP contribution in [-0.4, -0.2) is 31.0 Å². The standard InChI is InChI=1S/C15H23ClFNO2/c1-11(2)4-3-7-20-10-13(19)9-18-12-5-6-14(16)15(17)8-12/h5-6,8,11,13,18-19H,3-4,7,9-10H2,1-2H3. The lowest BCUT2D eigenvalue weighted by Crippen LogP contribution is -2.25. The summed E-state index contributed by atoms with van der Waals surface area (Å²) in [7, 11) is 0. The van der Waals surface area contributed by atoms with Crippen LogP contribution in [0.2, 0.25) is 5.02 Å². The quantitative estimate of drug-likeness (QED) is 0.683. The van der Waals surface area contributed by atoms with Crippen LogP contribution < -0.4 is 5.32 Å². The summed E-state index contributed by atoms with van der Waals surface area (Å²) in [4.78, 5) is 0. The van der Waals surface area contributed by atoms with E-state index in [9.17, 15) is 9.50 Å². The van der Waals surface area contributed by atoms with E-state index in [1.807, 2.05) is 0 Å². The second-order valence-electron chi connectivity index (χ2n) is 5.27. The predicted molar refractivity (Wildman–Crippen MR) is 80.8 cm³/mol. The fraction of sp³-hybridized carbons (Fsp3) is 0.600. The van der Waals surface area contributed by atoms with E-state index in [1.165, 1.54) is 12.1 Å². The Labute approximate surface area is 125 Å². The van der Waals surface area contributed by atoms with Crippen LogP contribution in [0.15, 0.2) is 18.2 Å². The first kappa shape index (κ1) is 17.2. The van der Waals surface area contributed by atoms with E-state index in [-0.39, 0.29) is 11.6 Å². The van der Waals surface area contributed by atoms with Gasteiger partial charge < -0.3 is 15.2 Å². The average molecular weight is 304 g/mol. The van der Waals surface area contributed by atoms with Crippen LogP contribution in [0.5, 0.6) is 0 Å². The molecule has 1 aromatic carbocycles. The summed E-state index contributed by atoms with van der Waals surface area (Å²) in [5, 5.41) is 12.8. The number of nitrogens with one attached hydrogen (secondary N) is 1. The molecule has 0 heterocycles. The highest BCUT2D eigenvalue weighted by atomic mass is 35.5. The summed E-state index contributed by atoms with van der Waals surface area (Å²) >= 11 is 5.59. The number of aliphatic hydroxyl groups excluding tert-OH is 1. The van der Waals surface area contributed by atoms with Crippen molar-refractivity contribution in [1.29, 1.82) is 0 Å². The van der Waals surface area contributed by atoms with E-state index < -0.39 is 11.9 Å². The van der Waals surface area contributed by atoms with E-state index in [2.05, 4.69) is 19.2 Å². The minimum absolute atomic E-state index is 0.0876. The number of anilines is 1. The van der Waals surface area contributed by atoms with E-state index in [1.54, 1.807) is 6.07 Å². The Hall–Kier alpha value is -0.840. The van der Waals surface area contributed by atoms with Crippen LogP contribution >= 0.6 is 11.6 Å². The van der Waals surface area contributed by atoms with Gasteiger partial charge in [0.05, 0.1) is 17.7 Å². The molecule has 114 valence electrons. The lowest BCUT2D eigenvalue weighted by atomic mass is 10.1. The monoisotopic (exact) mass is 303 g/mol. The molecule has 3 nitrogen and oxygen atoms in total. The largest absolute Gasteiger partial charge is 0.389 e. The Balaban J connectivity index is 2.16. The van der Waals surface area contributed by atoms with Gasteiger partial charge in [-0.3, -0.25) is 0 Å². The summed E-state index contributed by atoms with van der Waals surface area (Å²) in [6, 6.07) is 4.45. The molecule has 0 aliphatic carbocycles.